The van der Waals surface area contributed by atoms with Crippen LogP contribution in [0.4, 0.5) is 17.6 Å². The summed E-state index contributed by atoms with van der Waals surface area (Å²) < 4.78 is 57.6. The average molecular weight is 357 g/mol. The fraction of sp³-hybridized carbons (Fsp3) is 0.235. The second-order valence-corrected chi connectivity index (χ2v) is 5.24. The van der Waals surface area contributed by atoms with Gasteiger partial charge in [0, 0.05) is 0 Å². The largest absolute Gasteiger partial charge is 0.484 e. The van der Waals surface area contributed by atoms with E-state index in [1.165, 1.54) is 30.3 Å². The summed E-state index contributed by atoms with van der Waals surface area (Å²) in [4.78, 5) is 11.7. The highest BCUT2D eigenvalue weighted by Gasteiger charge is 2.55. The first-order valence-corrected chi connectivity index (χ1v) is 7.22. The number of carbonyl (C=O) groups is 1. The van der Waals surface area contributed by atoms with Crippen molar-refractivity contribution in [1.29, 1.82) is 0 Å². The molecule has 8 heteroatoms. The molecule has 0 aromatic heterocycles. The quantitative estimate of drug-likeness (QED) is 0.782. The molecule has 4 nitrogen and oxygen atoms in total. The molecule has 2 aromatic carbocycles. The molecule has 0 saturated heterocycles. The fourth-order valence-electron chi connectivity index (χ4n) is 2.04. The van der Waals surface area contributed by atoms with E-state index in [9.17, 15) is 27.5 Å². The number of halogens is 4. The Morgan fingerprint density at radius 3 is 2.20 bits per heavy atom. The Kier molecular flexibility index (Phi) is 5.63. The summed E-state index contributed by atoms with van der Waals surface area (Å²) in [5, 5.41) is 12.1. The van der Waals surface area contributed by atoms with Crippen LogP contribution in [0, 0.1) is 5.82 Å². The maximum Gasteiger partial charge on any atom is 0.423 e. The Morgan fingerprint density at radius 1 is 1.04 bits per heavy atom. The molecule has 0 fully saturated rings. The lowest BCUT2D eigenvalue weighted by molar-refractivity contribution is -0.264. The third kappa shape index (κ3) is 4.69. The third-order valence-corrected chi connectivity index (χ3v) is 3.45. The molecule has 2 rings (SSSR count). The smallest absolute Gasteiger partial charge is 0.423 e. The molecule has 0 saturated carbocycles. The maximum absolute atomic E-state index is 13.3. The molecule has 1 atom stereocenters. The van der Waals surface area contributed by atoms with E-state index in [-0.39, 0.29) is 11.3 Å². The number of nitrogens with one attached hydrogen (secondary N) is 1. The first kappa shape index (κ1) is 18.7. The minimum atomic E-state index is -4.99. The Balaban J connectivity index is 1.98. The Bertz CT molecular complexity index is 704. The third-order valence-electron chi connectivity index (χ3n) is 3.45. The first-order chi connectivity index (χ1) is 11.7. The lowest BCUT2D eigenvalue weighted by Gasteiger charge is -2.31. The summed E-state index contributed by atoms with van der Waals surface area (Å²) in [6, 6.07) is 11.2. The van der Waals surface area contributed by atoms with Gasteiger partial charge in [0.25, 0.3) is 5.91 Å². The highest BCUT2D eigenvalue weighted by molar-refractivity contribution is 5.77. The standard InChI is InChI=1S/C17H15F4NO3/c18-13-6-8-14(9-7-13)25-10-15(23)22-11-16(24,17(19,20)21)12-4-2-1-3-5-12/h1-9,24H,10-11H2,(H,22,23). The van der Waals surface area contributed by atoms with E-state index in [2.05, 4.69) is 0 Å². The zero-order chi connectivity index (χ0) is 18.5. The first-order valence-electron chi connectivity index (χ1n) is 7.22. The van der Waals surface area contributed by atoms with Crippen LogP contribution < -0.4 is 10.1 Å². The predicted octanol–water partition coefficient (Wildman–Crippen LogP) is 2.77. The molecular weight excluding hydrogens is 342 g/mol. The van der Waals surface area contributed by atoms with Crippen molar-refractivity contribution < 1.29 is 32.2 Å². The molecule has 134 valence electrons. The van der Waals surface area contributed by atoms with Gasteiger partial charge in [0.05, 0.1) is 6.54 Å². The molecule has 0 bridgehead atoms. The van der Waals surface area contributed by atoms with Crippen LogP contribution in [0.5, 0.6) is 5.75 Å². The van der Waals surface area contributed by atoms with Crippen molar-refractivity contribution in [2.24, 2.45) is 0 Å². The molecule has 0 spiro atoms. The molecule has 0 heterocycles. The number of hydrogen-bond donors (Lipinski definition) is 2. The van der Waals surface area contributed by atoms with E-state index in [0.717, 1.165) is 24.3 Å². The van der Waals surface area contributed by atoms with Gasteiger partial charge < -0.3 is 15.2 Å². The van der Waals surface area contributed by atoms with Crippen LogP contribution in [0.25, 0.3) is 0 Å². The minimum absolute atomic E-state index is 0.186. The van der Waals surface area contributed by atoms with Gasteiger partial charge in [-0.15, -0.1) is 0 Å². The van der Waals surface area contributed by atoms with Crippen molar-refractivity contribution in [3.63, 3.8) is 0 Å². The molecule has 2 aromatic rings. The highest BCUT2D eigenvalue weighted by Crippen LogP contribution is 2.38. The van der Waals surface area contributed by atoms with Crippen LogP contribution in [0.15, 0.2) is 54.6 Å². The number of rotatable bonds is 6. The Morgan fingerprint density at radius 2 is 1.64 bits per heavy atom. The summed E-state index contributed by atoms with van der Waals surface area (Å²) in [6.45, 7) is -1.64. The van der Waals surface area contributed by atoms with Gasteiger partial charge in [-0.05, 0) is 29.8 Å². The van der Waals surface area contributed by atoms with Crippen LogP contribution in [0.2, 0.25) is 0 Å². The zero-order valence-corrected chi connectivity index (χ0v) is 12.9. The average Bonchev–Trinajstić information content (AvgIpc) is 2.59. The van der Waals surface area contributed by atoms with Crippen LogP contribution in [-0.4, -0.2) is 30.3 Å². The minimum Gasteiger partial charge on any atom is -0.484 e. The summed E-state index contributed by atoms with van der Waals surface area (Å²) in [7, 11) is 0. The monoisotopic (exact) mass is 357 g/mol. The van der Waals surface area contributed by atoms with Crippen LogP contribution >= 0.6 is 0 Å². The molecule has 2 N–H and O–H groups in total. The molecule has 25 heavy (non-hydrogen) atoms. The van der Waals surface area contributed by atoms with Gasteiger partial charge in [-0.2, -0.15) is 13.2 Å². The maximum atomic E-state index is 13.3. The van der Waals surface area contributed by atoms with Crippen molar-refractivity contribution in [2.45, 2.75) is 11.8 Å². The summed E-state index contributed by atoms with van der Waals surface area (Å²) in [5.74, 6) is -1.16. The van der Waals surface area contributed by atoms with Crippen LogP contribution in [0.3, 0.4) is 0 Å². The predicted molar refractivity (Wildman–Crippen MR) is 81.3 cm³/mol. The van der Waals surface area contributed by atoms with E-state index >= 15 is 0 Å². The van der Waals surface area contributed by atoms with Crippen molar-refractivity contribution in [3.8, 4) is 5.75 Å². The van der Waals surface area contributed by atoms with Gasteiger partial charge in [-0.1, -0.05) is 30.3 Å². The summed E-state index contributed by atoms with van der Waals surface area (Å²) in [5.41, 5.74) is -3.61. The second-order valence-electron chi connectivity index (χ2n) is 5.24. The Hall–Kier alpha value is -2.61. The molecule has 1 unspecified atom stereocenters. The molecule has 0 aliphatic heterocycles. The van der Waals surface area contributed by atoms with E-state index in [4.69, 9.17) is 4.74 Å². The van der Waals surface area contributed by atoms with Crippen LogP contribution in [0.1, 0.15) is 5.56 Å². The van der Waals surface area contributed by atoms with Crippen molar-refractivity contribution in [2.75, 3.05) is 13.2 Å². The van der Waals surface area contributed by atoms with Gasteiger partial charge in [-0.3, -0.25) is 4.79 Å². The number of carbonyl (C=O) groups excluding carboxylic acids is 1. The summed E-state index contributed by atoms with van der Waals surface area (Å²) in [6.07, 6.45) is -4.99. The summed E-state index contributed by atoms with van der Waals surface area (Å²) >= 11 is 0. The number of ether oxygens (including phenoxy) is 1. The van der Waals surface area contributed by atoms with E-state index in [1.54, 1.807) is 0 Å². The van der Waals surface area contributed by atoms with E-state index in [0.29, 0.717) is 0 Å². The van der Waals surface area contributed by atoms with Gasteiger partial charge in [0.1, 0.15) is 11.6 Å². The number of hydrogen-bond acceptors (Lipinski definition) is 3. The Labute approximate surface area is 141 Å². The molecule has 0 aliphatic rings. The highest BCUT2D eigenvalue weighted by atomic mass is 19.4. The molecule has 0 aliphatic carbocycles. The number of aliphatic hydroxyl groups is 1. The number of alkyl halides is 3. The number of amides is 1. The van der Waals surface area contributed by atoms with Gasteiger partial charge >= 0.3 is 6.18 Å². The number of benzene rings is 2. The normalized spacial score (nSPS) is 13.8. The zero-order valence-electron chi connectivity index (χ0n) is 12.9. The van der Waals surface area contributed by atoms with E-state index < -0.39 is 36.7 Å². The van der Waals surface area contributed by atoms with Crippen molar-refractivity contribution >= 4 is 5.91 Å². The van der Waals surface area contributed by atoms with Gasteiger partial charge in [0.15, 0.2) is 6.61 Å². The van der Waals surface area contributed by atoms with E-state index in [1.807, 2.05) is 5.32 Å². The lowest BCUT2D eigenvalue weighted by Crippen LogP contribution is -2.51. The van der Waals surface area contributed by atoms with Crippen molar-refractivity contribution in [1.82, 2.24) is 5.32 Å². The second kappa shape index (κ2) is 7.52. The lowest BCUT2D eigenvalue weighted by atomic mass is 9.93. The molecular formula is C17H15F4NO3. The molecule has 0 radical (unpaired) electrons. The fourth-order valence-corrected chi connectivity index (χ4v) is 2.04. The topological polar surface area (TPSA) is 58.6 Å². The van der Waals surface area contributed by atoms with Crippen LogP contribution in [-0.2, 0) is 10.4 Å². The van der Waals surface area contributed by atoms with Gasteiger partial charge in [0.2, 0.25) is 5.60 Å². The van der Waals surface area contributed by atoms with Gasteiger partial charge in [-0.25, -0.2) is 4.39 Å². The van der Waals surface area contributed by atoms with Crippen molar-refractivity contribution in [3.05, 3.63) is 66.0 Å². The molecule has 1 amide bonds. The SMILES string of the molecule is O=C(COc1ccc(F)cc1)NCC(O)(c1ccccc1)C(F)(F)F.